The molecular weight excluding hydrogens is 507 g/mol. The predicted octanol–water partition coefficient (Wildman–Crippen LogP) is 6.00. The second-order valence-electron chi connectivity index (χ2n) is 6.22. The van der Waals surface area contributed by atoms with Gasteiger partial charge in [-0.15, -0.1) is 11.3 Å². The number of hydrogen-bond acceptors (Lipinski definition) is 4. The molecule has 0 radical (unpaired) electrons. The molecule has 30 heavy (non-hydrogen) atoms. The smallest absolute Gasteiger partial charge is 0.416 e. The highest BCUT2D eigenvalue weighted by Gasteiger charge is 2.32. The molecule has 2 aromatic carbocycles. The van der Waals surface area contributed by atoms with Gasteiger partial charge < -0.3 is 5.11 Å². The van der Waals surface area contributed by atoms with Gasteiger partial charge in [-0.1, -0.05) is 6.07 Å². The molecule has 3 rings (SSSR count). The fraction of sp³-hybridized carbons (Fsp3) is 0.105. The molecule has 2 N–H and O–H groups in total. The van der Waals surface area contributed by atoms with Crippen molar-refractivity contribution >= 4 is 48.9 Å². The first-order valence-corrected chi connectivity index (χ1v) is 11.3. The summed E-state index contributed by atoms with van der Waals surface area (Å²) in [4.78, 5) is 12.3. The number of carboxylic acids is 1. The monoisotopic (exact) mass is 519 g/mol. The number of aromatic carboxylic acids is 1. The van der Waals surface area contributed by atoms with Crippen LogP contribution in [-0.4, -0.2) is 19.5 Å². The van der Waals surface area contributed by atoms with Gasteiger partial charge in [-0.25, -0.2) is 13.2 Å². The first-order chi connectivity index (χ1) is 13.9. The minimum atomic E-state index is -4.67. The zero-order chi connectivity index (χ0) is 22.3. The highest BCUT2D eigenvalue weighted by atomic mass is 79.9. The third-order valence-electron chi connectivity index (χ3n) is 4.06. The molecule has 158 valence electrons. The summed E-state index contributed by atoms with van der Waals surface area (Å²) in [6.07, 6.45) is -4.67. The lowest BCUT2D eigenvalue weighted by Crippen LogP contribution is -2.16. The van der Waals surface area contributed by atoms with Gasteiger partial charge in [0, 0.05) is 19.8 Å². The third-order valence-corrected chi connectivity index (χ3v) is 7.46. The molecule has 0 aliphatic carbocycles. The molecular formula is C19H13BrF3NO4S2. The lowest BCUT2D eigenvalue weighted by molar-refractivity contribution is -0.137. The Labute approximate surface area is 182 Å². The number of aryl methyl sites for hydroxylation is 1. The van der Waals surface area contributed by atoms with Crippen molar-refractivity contribution in [3.8, 4) is 10.4 Å². The summed E-state index contributed by atoms with van der Waals surface area (Å²) in [6.45, 7) is 1.82. The third kappa shape index (κ3) is 4.68. The van der Waals surface area contributed by atoms with Crippen LogP contribution in [0.15, 0.2) is 57.9 Å². The van der Waals surface area contributed by atoms with Crippen LogP contribution in [0.5, 0.6) is 0 Å². The maximum Gasteiger partial charge on any atom is 0.416 e. The molecule has 1 heterocycles. The van der Waals surface area contributed by atoms with E-state index in [0.29, 0.717) is 4.88 Å². The van der Waals surface area contributed by atoms with Crippen LogP contribution in [-0.2, 0) is 16.2 Å². The summed E-state index contributed by atoms with van der Waals surface area (Å²) < 4.78 is 67.8. The maximum absolute atomic E-state index is 13.2. The van der Waals surface area contributed by atoms with Crippen LogP contribution < -0.4 is 4.72 Å². The molecule has 0 aliphatic rings. The number of thiophene rings is 1. The molecule has 0 saturated carbocycles. The van der Waals surface area contributed by atoms with E-state index >= 15 is 0 Å². The lowest BCUT2D eigenvalue weighted by atomic mass is 10.1. The maximum atomic E-state index is 13.2. The Morgan fingerprint density at radius 3 is 2.37 bits per heavy atom. The van der Waals surface area contributed by atoms with Gasteiger partial charge in [0.05, 0.1) is 16.8 Å². The molecule has 0 bridgehead atoms. The van der Waals surface area contributed by atoms with Gasteiger partial charge in [0.2, 0.25) is 0 Å². The van der Waals surface area contributed by atoms with Crippen LogP contribution in [0.3, 0.4) is 0 Å². The van der Waals surface area contributed by atoms with E-state index in [1.165, 1.54) is 29.5 Å². The van der Waals surface area contributed by atoms with E-state index in [4.69, 9.17) is 5.11 Å². The summed E-state index contributed by atoms with van der Waals surface area (Å²) in [7, 11) is -4.41. The van der Waals surface area contributed by atoms with Crippen LogP contribution in [0.25, 0.3) is 10.4 Å². The number of benzene rings is 2. The number of carboxylic acid groups (broad SMARTS) is 1. The zero-order valence-corrected chi connectivity index (χ0v) is 18.3. The van der Waals surface area contributed by atoms with Crippen LogP contribution in [0, 0.1) is 6.92 Å². The van der Waals surface area contributed by atoms with Crippen molar-refractivity contribution in [2.45, 2.75) is 18.0 Å². The topological polar surface area (TPSA) is 83.5 Å². The number of sulfonamides is 1. The SMILES string of the molecule is Cc1ccc(-c2ccc(C(F)(F)F)cc2NS(=O)(=O)c2cc(C(=O)O)ccc2Br)s1. The minimum absolute atomic E-state index is 0.0699. The van der Waals surface area contributed by atoms with E-state index in [0.717, 1.165) is 23.1 Å². The number of alkyl halides is 3. The lowest BCUT2D eigenvalue weighted by Gasteiger charge is -2.16. The standard InChI is InChI=1S/C19H13BrF3NO4S2/c1-10-2-7-16(29-10)13-5-4-12(19(21,22)23)9-15(13)24-30(27,28)17-8-11(18(25)26)3-6-14(17)20/h2-9,24H,1H3,(H,25,26). The van der Waals surface area contributed by atoms with Gasteiger partial charge in [0.15, 0.2) is 0 Å². The molecule has 3 aromatic rings. The molecule has 0 atom stereocenters. The molecule has 1 aromatic heterocycles. The summed E-state index contributed by atoms with van der Waals surface area (Å²) in [5.41, 5.74) is -1.29. The molecule has 0 fully saturated rings. The largest absolute Gasteiger partial charge is 0.478 e. The normalized spacial score (nSPS) is 12.0. The molecule has 0 spiro atoms. The Balaban J connectivity index is 2.14. The van der Waals surface area contributed by atoms with Crippen molar-refractivity contribution in [3.63, 3.8) is 0 Å². The quantitative estimate of drug-likeness (QED) is 0.432. The Morgan fingerprint density at radius 1 is 1.10 bits per heavy atom. The molecule has 0 aliphatic heterocycles. The predicted molar refractivity (Wildman–Crippen MR) is 111 cm³/mol. The molecule has 0 unspecified atom stereocenters. The first-order valence-electron chi connectivity index (χ1n) is 8.22. The Kier molecular flexibility index (Phi) is 5.99. The van der Waals surface area contributed by atoms with E-state index < -0.39 is 32.6 Å². The second kappa shape index (κ2) is 8.05. The zero-order valence-electron chi connectivity index (χ0n) is 15.1. The minimum Gasteiger partial charge on any atom is -0.478 e. The number of halogens is 4. The van der Waals surface area contributed by atoms with Crippen LogP contribution in [0.1, 0.15) is 20.8 Å². The van der Waals surface area contributed by atoms with Crippen molar-refractivity contribution in [3.05, 3.63) is 69.0 Å². The number of rotatable bonds is 5. The van der Waals surface area contributed by atoms with Crippen LogP contribution in [0.2, 0.25) is 0 Å². The van der Waals surface area contributed by atoms with Crippen LogP contribution in [0.4, 0.5) is 18.9 Å². The fourth-order valence-corrected chi connectivity index (χ4v) is 5.61. The van der Waals surface area contributed by atoms with Crippen molar-refractivity contribution in [1.82, 2.24) is 0 Å². The Bertz CT molecular complexity index is 1240. The molecule has 5 nitrogen and oxygen atoms in total. The van der Waals surface area contributed by atoms with Gasteiger partial charge in [0.1, 0.15) is 4.90 Å². The summed E-state index contributed by atoms with van der Waals surface area (Å²) in [5.74, 6) is -1.34. The van der Waals surface area contributed by atoms with Crippen molar-refractivity contribution in [1.29, 1.82) is 0 Å². The van der Waals surface area contributed by atoms with Crippen molar-refractivity contribution < 1.29 is 31.5 Å². The highest BCUT2D eigenvalue weighted by molar-refractivity contribution is 9.10. The first kappa shape index (κ1) is 22.3. The summed E-state index contributed by atoms with van der Waals surface area (Å²) in [6, 6.07) is 9.62. The van der Waals surface area contributed by atoms with E-state index in [-0.39, 0.29) is 21.3 Å². The van der Waals surface area contributed by atoms with Crippen molar-refractivity contribution in [2.75, 3.05) is 4.72 Å². The van der Waals surface area contributed by atoms with Gasteiger partial charge in [-0.05, 0) is 65.3 Å². The number of anilines is 1. The average Bonchev–Trinajstić information content (AvgIpc) is 3.06. The summed E-state index contributed by atoms with van der Waals surface area (Å²) >= 11 is 4.35. The van der Waals surface area contributed by atoms with E-state index in [9.17, 15) is 26.4 Å². The highest BCUT2D eigenvalue weighted by Crippen LogP contribution is 2.39. The number of nitrogens with one attached hydrogen (secondary N) is 1. The van der Waals surface area contributed by atoms with Crippen molar-refractivity contribution in [2.24, 2.45) is 0 Å². The van der Waals surface area contributed by atoms with E-state index in [1.54, 1.807) is 12.1 Å². The van der Waals surface area contributed by atoms with E-state index in [2.05, 4.69) is 20.7 Å². The fourth-order valence-electron chi connectivity index (χ4n) is 2.64. The van der Waals surface area contributed by atoms with Gasteiger partial charge in [-0.2, -0.15) is 13.2 Å². The molecule has 11 heteroatoms. The molecule has 0 saturated heterocycles. The second-order valence-corrected chi connectivity index (χ2v) is 10.0. The number of carbonyl (C=O) groups is 1. The molecule has 0 amide bonds. The summed E-state index contributed by atoms with van der Waals surface area (Å²) in [5, 5.41) is 9.12. The van der Waals surface area contributed by atoms with E-state index in [1.807, 2.05) is 6.92 Å². The average molecular weight is 520 g/mol. The van der Waals surface area contributed by atoms with Gasteiger partial charge in [0.25, 0.3) is 10.0 Å². The number of hydrogen-bond donors (Lipinski definition) is 2. The Hall–Kier alpha value is -2.37. The van der Waals surface area contributed by atoms with Crippen LogP contribution >= 0.6 is 27.3 Å². The van der Waals surface area contributed by atoms with Gasteiger partial charge >= 0.3 is 12.1 Å². The van der Waals surface area contributed by atoms with Gasteiger partial charge in [-0.3, -0.25) is 4.72 Å². The Morgan fingerprint density at radius 2 is 1.80 bits per heavy atom.